The highest BCUT2D eigenvalue weighted by atomic mass is 16.5. The number of nitrogens with one attached hydrogen (secondary N) is 2. The van der Waals surface area contributed by atoms with Crippen LogP contribution in [0.4, 0.5) is 5.69 Å². The summed E-state index contributed by atoms with van der Waals surface area (Å²) >= 11 is 0. The fourth-order valence-corrected chi connectivity index (χ4v) is 2.99. The van der Waals surface area contributed by atoms with Crippen molar-refractivity contribution in [3.8, 4) is 11.5 Å². The van der Waals surface area contributed by atoms with Gasteiger partial charge in [0.1, 0.15) is 11.5 Å². The Hall–Kier alpha value is -3.55. The molecule has 0 aromatic heterocycles. The van der Waals surface area contributed by atoms with E-state index in [0.29, 0.717) is 29.4 Å². The molecule has 1 atom stereocenters. The minimum Gasteiger partial charge on any atom is -0.494 e. The number of likely N-dealkylation sites (N-methyl/N-ethyl adjacent to an activating group) is 1. The van der Waals surface area contributed by atoms with Crippen molar-refractivity contribution in [3.63, 3.8) is 0 Å². The molecule has 0 unspecified atom stereocenters. The van der Waals surface area contributed by atoms with Gasteiger partial charge in [-0.3, -0.25) is 14.4 Å². The Morgan fingerprint density at radius 1 is 1.14 bits per heavy atom. The lowest BCUT2D eigenvalue weighted by molar-refractivity contribution is -0.127. The van der Waals surface area contributed by atoms with E-state index in [4.69, 9.17) is 9.47 Å². The summed E-state index contributed by atoms with van der Waals surface area (Å²) in [6.07, 6.45) is -0.819. The molecule has 152 valence electrons. The first-order valence-electron chi connectivity index (χ1n) is 9.32. The van der Waals surface area contributed by atoms with Crippen LogP contribution in [0.3, 0.4) is 0 Å². The fraction of sp³-hybridized carbons (Fsp3) is 0.286. The van der Waals surface area contributed by atoms with Gasteiger partial charge in [-0.1, -0.05) is 12.1 Å². The lowest BCUT2D eigenvalue weighted by Crippen LogP contribution is -2.52. The van der Waals surface area contributed by atoms with Crippen LogP contribution in [0.5, 0.6) is 11.5 Å². The molecule has 1 heterocycles. The van der Waals surface area contributed by atoms with Crippen molar-refractivity contribution in [2.75, 3.05) is 31.6 Å². The van der Waals surface area contributed by atoms with Crippen LogP contribution in [0.25, 0.3) is 0 Å². The summed E-state index contributed by atoms with van der Waals surface area (Å²) in [6, 6.07) is 13.7. The summed E-state index contributed by atoms with van der Waals surface area (Å²) in [6.45, 7) is 2.28. The van der Waals surface area contributed by atoms with Gasteiger partial charge in [0.25, 0.3) is 11.8 Å². The van der Waals surface area contributed by atoms with E-state index in [1.54, 1.807) is 48.5 Å². The highest BCUT2D eigenvalue weighted by Gasteiger charge is 2.33. The Morgan fingerprint density at radius 3 is 2.55 bits per heavy atom. The Balaban J connectivity index is 1.67. The van der Waals surface area contributed by atoms with Crippen molar-refractivity contribution < 1.29 is 23.9 Å². The van der Waals surface area contributed by atoms with Gasteiger partial charge in [0.2, 0.25) is 5.91 Å². The Kier molecular flexibility index (Phi) is 6.33. The molecule has 0 saturated heterocycles. The second-order valence-electron chi connectivity index (χ2n) is 6.33. The summed E-state index contributed by atoms with van der Waals surface area (Å²) in [4.78, 5) is 38.6. The van der Waals surface area contributed by atoms with Gasteiger partial charge >= 0.3 is 0 Å². The smallest absolute Gasteiger partial charge is 0.262 e. The van der Waals surface area contributed by atoms with Crippen LogP contribution in [0.2, 0.25) is 0 Å². The van der Waals surface area contributed by atoms with Gasteiger partial charge in [-0.05, 0) is 43.3 Å². The molecule has 29 heavy (non-hydrogen) atoms. The largest absolute Gasteiger partial charge is 0.494 e. The molecule has 0 aliphatic carbocycles. The molecule has 2 aromatic rings. The molecule has 0 saturated carbocycles. The number of hydrogen-bond acceptors (Lipinski definition) is 5. The Labute approximate surface area is 168 Å². The van der Waals surface area contributed by atoms with Crippen molar-refractivity contribution in [3.05, 3.63) is 54.1 Å². The number of amides is 3. The molecule has 1 aliphatic rings. The van der Waals surface area contributed by atoms with Gasteiger partial charge in [0, 0.05) is 12.6 Å². The SMILES string of the molecule is CCOc1ccc(C(=O)NCC(=O)N2C[C@@H](C(=O)NC)Oc3ccccc32)cc1. The van der Waals surface area contributed by atoms with Crippen LogP contribution < -0.4 is 25.0 Å². The minimum absolute atomic E-state index is 0.0639. The van der Waals surface area contributed by atoms with E-state index in [9.17, 15) is 14.4 Å². The van der Waals surface area contributed by atoms with E-state index >= 15 is 0 Å². The number of benzene rings is 2. The molecule has 1 aliphatic heterocycles. The predicted octanol–water partition coefficient (Wildman–Crippen LogP) is 1.36. The molecular weight excluding hydrogens is 374 g/mol. The molecule has 0 fully saturated rings. The lowest BCUT2D eigenvalue weighted by Gasteiger charge is -2.34. The molecular formula is C21H23N3O5. The monoisotopic (exact) mass is 397 g/mol. The summed E-state index contributed by atoms with van der Waals surface area (Å²) in [5, 5.41) is 5.15. The summed E-state index contributed by atoms with van der Waals surface area (Å²) < 4.78 is 11.0. The summed E-state index contributed by atoms with van der Waals surface area (Å²) in [7, 11) is 1.51. The first-order chi connectivity index (χ1) is 14.0. The van der Waals surface area contributed by atoms with Crippen molar-refractivity contribution in [2.24, 2.45) is 0 Å². The van der Waals surface area contributed by atoms with Crippen LogP contribution >= 0.6 is 0 Å². The fourth-order valence-electron chi connectivity index (χ4n) is 2.99. The van der Waals surface area contributed by atoms with Crippen LogP contribution in [-0.2, 0) is 9.59 Å². The third-order valence-corrected chi connectivity index (χ3v) is 4.44. The predicted molar refractivity (Wildman–Crippen MR) is 107 cm³/mol. The van der Waals surface area contributed by atoms with Gasteiger partial charge in [0.15, 0.2) is 6.10 Å². The molecule has 0 radical (unpaired) electrons. The van der Waals surface area contributed by atoms with Crippen molar-refractivity contribution in [1.82, 2.24) is 10.6 Å². The van der Waals surface area contributed by atoms with Crippen LogP contribution in [0.15, 0.2) is 48.5 Å². The van der Waals surface area contributed by atoms with Gasteiger partial charge in [-0.25, -0.2) is 0 Å². The van der Waals surface area contributed by atoms with Gasteiger partial charge < -0.3 is 25.0 Å². The average molecular weight is 397 g/mol. The normalized spacial score (nSPS) is 15.0. The highest BCUT2D eigenvalue weighted by molar-refractivity contribution is 6.02. The zero-order valence-corrected chi connectivity index (χ0v) is 16.3. The standard InChI is InChI=1S/C21H23N3O5/c1-3-28-15-10-8-14(9-11-15)20(26)23-12-19(25)24-13-18(21(27)22-2)29-17-7-5-4-6-16(17)24/h4-11,18H,3,12-13H2,1-2H3,(H,22,27)(H,23,26)/t18-/m0/s1. The van der Waals surface area contributed by atoms with Gasteiger partial charge in [-0.15, -0.1) is 0 Å². The minimum atomic E-state index is -0.819. The van der Waals surface area contributed by atoms with E-state index in [2.05, 4.69) is 10.6 Å². The van der Waals surface area contributed by atoms with E-state index in [-0.39, 0.29) is 30.8 Å². The first kappa shape index (κ1) is 20.2. The zero-order chi connectivity index (χ0) is 20.8. The number of hydrogen-bond donors (Lipinski definition) is 2. The van der Waals surface area contributed by atoms with E-state index in [1.165, 1.54) is 11.9 Å². The van der Waals surface area contributed by atoms with Gasteiger partial charge in [0.05, 0.1) is 25.4 Å². The topological polar surface area (TPSA) is 97.0 Å². The number of para-hydroxylation sites is 2. The maximum Gasteiger partial charge on any atom is 0.262 e. The number of ether oxygens (including phenoxy) is 2. The maximum absolute atomic E-state index is 12.8. The third-order valence-electron chi connectivity index (χ3n) is 4.44. The van der Waals surface area contributed by atoms with Crippen LogP contribution in [0, 0.1) is 0 Å². The van der Waals surface area contributed by atoms with Crippen molar-refractivity contribution >= 4 is 23.4 Å². The molecule has 8 nitrogen and oxygen atoms in total. The van der Waals surface area contributed by atoms with Crippen molar-refractivity contribution in [1.29, 1.82) is 0 Å². The Morgan fingerprint density at radius 2 is 1.86 bits per heavy atom. The number of nitrogens with zero attached hydrogens (tertiary/aromatic N) is 1. The lowest BCUT2D eigenvalue weighted by atomic mass is 10.1. The maximum atomic E-state index is 12.8. The summed E-state index contributed by atoms with van der Waals surface area (Å²) in [5.41, 5.74) is 0.986. The second kappa shape index (κ2) is 9.09. The molecule has 2 aromatic carbocycles. The molecule has 8 heteroatoms. The third kappa shape index (κ3) is 4.66. The highest BCUT2D eigenvalue weighted by Crippen LogP contribution is 2.33. The molecule has 3 amide bonds. The van der Waals surface area contributed by atoms with Gasteiger partial charge in [-0.2, -0.15) is 0 Å². The van der Waals surface area contributed by atoms with Crippen LogP contribution in [-0.4, -0.2) is 50.6 Å². The number of fused-ring (bicyclic) bond motifs is 1. The Bertz CT molecular complexity index is 897. The molecule has 0 bridgehead atoms. The molecule has 2 N–H and O–H groups in total. The van der Waals surface area contributed by atoms with Crippen molar-refractivity contribution in [2.45, 2.75) is 13.0 Å². The first-order valence-corrected chi connectivity index (χ1v) is 9.32. The van der Waals surface area contributed by atoms with Crippen LogP contribution in [0.1, 0.15) is 17.3 Å². The average Bonchev–Trinajstić information content (AvgIpc) is 2.76. The van der Waals surface area contributed by atoms with E-state index in [1.807, 2.05) is 6.92 Å². The van der Waals surface area contributed by atoms with E-state index in [0.717, 1.165) is 0 Å². The molecule has 0 spiro atoms. The summed E-state index contributed by atoms with van der Waals surface area (Å²) in [5.74, 6) is 0.0827. The zero-order valence-electron chi connectivity index (χ0n) is 16.3. The molecule has 3 rings (SSSR count). The second-order valence-corrected chi connectivity index (χ2v) is 6.33. The van der Waals surface area contributed by atoms with E-state index < -0.39 is 6.10 Å². The number of carbonyl (C=O) groups excluding carboxylic acids is 3. The number of rotatable bonds is 6. The number of carbonyl (C=O) groups is 3. The number of anilines is 1. The quantitative estimate of drug-likeness (QED) is 0.767.